The summed E-state index contributed by atoms with van der Waals surface area (Å²) in [4.78, 5) is 26.0. The van der Waals surface area contributed by atoms with Crippen molar-refractivity contribution in [2.75, 3.05) is 38.1 Å². The molecule has 27 heavy (non-hydrogen) atoms. The molecular weight excluding hydrogens is 348 g/mol. The first kappa shape index (κ1) is 20.1. The first-order valence-electron chi connectivity index (χ1n) is 8.34. The molecule has 0 aromatic heterocycles. The number of nitrogens with one attached hydrogen (secondary N) is 1. The second-order valence-corrected chi connectivity index (χ2v) is 5.90. The lowest BCUT2D eigenvalue weighted by Crippen LogP contribution is -2.36. The Morgan fingerprint density at radius 2 is 1.56 bits per heavy atom. The summed E-state index contributed by atoms with van der Waals surface area (Å²) in [6, 6.07) is 10.5. The van der Waals surface area contributed by atoms with Gasteiger partial charge in [-0.1, -0.05) is 6.07 Å². The van der Waals surface area contributed by atoms with Gasteiger partial charge >= 0.3 is 0 Å². The van der Waals surface area contributed by atoms with Crippen LogP contribution >= 0.6 is 0 Å². The molecule has 0 saturated carbocycles. The highest BCUT2D eigenvalue weighted by Crippen LogP contribution is 2.31. The average Bonchev–Trinajstić information content (AvgIpc) is 2.65. The van der Waals surface area contributed by atoms with Gasteiger partial charge in [-0.2, -0.15) is 0 Å². The van der Waals surface area contributed by atoms with Gasteiger partial charge < -0.3 is 24.4 Å². The number of ether oxygens (including phenoxy) is 3. The van der Waals surface area contributed by atoms with E-state index < -0.39 is 0 Å². The highest BCUT2D eigenvalue weighted by molar-refractivity contribution is 6.02. The second kappa shape index (κ2) is 8.93. The van der Waals surface area contributed by atoms with Gasteiger partial charge in [0.2, 0.25) is 11.8 Å². The molecule has 0 saturated heterocycles. The van der Waals surface area contributed by atoms with Crippen LogP contribution in [0.3, 0.4) is 0 Å². The van der Waals surface area contributed by atoms with Crippen LogP contribution in [-0.4, -0.2) is 39.7 Å². The Morgan fingerprint density at radius 1 is 0.926 bits per heavy atom. The Kier molecular flexibility index (Phi) is 6.65. The smallest absolute Gasteiger partial charge is 0.244 e. The van der Waals surface area contributed by atoms with Crippen LogP contribution in [0.2, 0.25) is 0 Å². The highest BCUT2D eigenvalue weighted by atomic mass is 16.5. The summed E-state index contributed by atoms with van der Waals surface area (Å²) < 4.78 is 15.7. The molecule has 0 unspecified atom stereocenters. The monoisotopic (exact) mass is 372 g/mol. The predicted octanol–water partition coefficient (Wildman–Crippen LogP) is 3.01. The Bertz CT molecular complexity index is 835. The summed E-state index contributed by atoms with van der Waals surface area (Å²) >= 11 is 0. The fourth-order valence-corrected chi connectivity index (χ4v) is 2.63. The van der Waals surface area contributed by atoms with Crippen molar-refractivity contribution in [3.8, 4) is 17.2 Å². The predicted molar refractivity (Wildman–Crippen MR) is 104 cm³/mol. The number of aryl methyl sites for hydroxylation is 1. The summed E-state index contributed by atoms with van der Waals surface area (Å²) in [6.45, 7) is 3.17. The van der Waals surface area contributed by atoms with Crippen molar-refractivity contribution >= 4 is 23.2 Å². The van der Waals surface area contributed by atoms with Gasteiger partial charge in [-0.25, -0.2) is 0 Å². The molecular formula is C20H24N2O5. The fraction of sp³-hybridized carbons (Fsp3) is 0.300. The largest absolute Gasteiger partial charge is 0.495 e. The molecule has 144 valence electrons. The molecule has 7 nitrogen and oxygen atoms in total. The molecule has 0 aliphatic carbocycles. The molecule has 7 heteroatoms. The van der Waals surface area contributed by atoms with Crippen molar-refractivity contribution in [1.29, 1.82) is 0 Å². The van der Waals surface area contributed by atoms with E-state index in [4.69, 9.17) is 14.2 Å². The van der Waals surface area contributed by atoms with Gasteiger partial charge in [0.15, 0.2) is 11.5 Å². The van der Waals surface area contributed by atoms with Crippen LogP contribution in [0.25, 0.3) is 0 Å². The van der Waals surface area contributed by atoms with Crippen LogP contribution in [0.4, 0.5) is 11.4 Å². The number of benzene rings is 2. The standard InChI is InChI=1S/C20H24N2O5/c1-13-6-8-17(25-3)16(10-13)21-20(24)12-22(14(2)23)15-7-9-18(26-4)19(11-15)27-5/h6-11H,12H2,1-5H3,(H,21,24). The molecule has 0 bridgehead atoms. The summed E-state index contributed by atoms with van der Waals surface area (Å²) in [5.41, 5.74) is 2.07. The van der Waals surface area contributed by atoms with E-state index in [1.807, 2.05) is 19.1 Å². The molecule has 0 radical (unpaired) electrons. The number of amides is 2. The average molecular weight is 372 g/mol. The van der Waals surface area contributed by atoms with Crippen molar-refractivity contribution < 1.29 is 23.8 Å². The lowest BCUT2D eigenvalue weighted by atomic mass is 10.2. The first-order chi connectivity index (χ1) is 12.9. The Labute approximate surface area is 158 Å². The number of methoxy groups -OCH3 is 3. The summed E-state index contributed by atoms with van der Waals surface area (Å²) in [5, 5.41) is 2.79. The van der Waals surface area contributed by atoms with E-state index in [2.05, 4.69) is 5.32 Å². The molecule has 2 amide bonds. The molecule has 0 aliphatic rings. The van der Waals surface area contributed by atoms with Crippen LogP contribution in [0.1, 0.15) is 12.5 Å². The minimum atomic E-state index is -0.344. The minimum Gasteiger partial charge on any atom is -0.495 e. The molecule has 2 aromatic rings. The highest BCUT2D eigenvalue weighted by Gasteiger charge is 2.19. The van der Waals surface area contributed by atoms with Crippen molar-refractivity contribution in [2.45, 2.75) is 13.8 Å². The summed E-state index contributed by atoms with van der Waals surface area (Å²) in [7, 11) is 4.57. The van der Waals surface area contributed by atoms with Gasteiger partial charge in [0.1, 0.15) is 12.3 Å². The number of carbonyl (C=O) groups is 2. The van der Waals surface area contributed by atoms with Crippen LogP contribution in [-0.2, 0) is 9.59 Å². The maximum Gasteiger partial charge on any atom is 0.244 e. The number of nitrogens with zero attached hydrogens (tertiary/aromatic N) is 1. The van der Waals surface area contributed by atoms with Crippen LogP contribution in [0.15, 0.2) is 36.4 Å². The number of carbonyl (C=O) groups excluding carboxylic acids is 2. The van der Waals surface area contributed by atoms with Crippen molar-refractivity contribution in [3.63, 3.8) is 0 Å². The van der Waals surface area contributed by atoms with E-state index in [9.17, 15) is 9.59 Å². The van der Waals surface area contributed by atoms with Gasteiger partial charge in [-0.15, -0.1) is 0 Å². The molecule has 0 spiro atoms. The van der Waals surface area contributed by atoms with E-state index >= 15 is 0 Å². The minimum absolute atomic E-state index is 0.151. The number of rotatable bonds is 7. The van der Waals surface area contributed by atoms with Crippen LogP contribution < -0.4 is 24.4 Å². The van der Waals surface area contributed by atoms with Crippen molar-refractivity contribution in [2.24, 2.45) is 0 Å². The Morgan fingerprint density at radius 3 is 2.15 bits per heavy atom. The number of hydrogen-bond donors (Lipinski definition) is 1. The lowest BCUT2D eigenvalue weighted by molar-refractivity contribution is -0.120. The third-order valence-corrected chi connectivity index (χ3v) is 3.99. The van der Waals surface area contributed by atoms with E-state index in [1.165, 1.54) is 33.2 Å². The maximum absolute atomic E-state index is 12.5. The van der Waals surface area contributed by atoms with Gasteiger partial charge in [0.05, 0.1) is 27.0 Å². The zero-order valence-electron chi connectivity index (χ0n) is 16.2. The quantitative estimate of drug-likeness (QED) is 0.808. The second-order valence-electron chi connectivity index (χ2n) is 5.90. The van der Waals surface area contributed by atoms with E-state index in [-0.39, 0.29) is 18.4 Å². The van der Waals surface area contributed by atoms with E-state index in [1.54, 1.807) is 24.3 Å². The summed E-state index contributed by atoms with van der Waals surface area (Å²) in [5.74, 6) is 0.951. The third-order valence-electron chi connectivity index (χ3n) is 3.99. The van der Waals surface area contributed by atoms with Crippen molar-refractivity contribution in [3.05, 3.63) is 42.0 Å². The Hall–Kier alpha value is -3.22. The third kappa shape index (κ3) is 4.91. The molecule has 0 heterocycles. The molecule has 2 aromatic carbocycles. The Balaban J connectivity index is 2.23. The maximum atomic E-state index is 12.5. The normalized spacial score (nSPS) is 10.1. The zero-order chi connectivity index (χ0) is 20.0. The molecule has 0 fully saturated rings. The molecule has 2 rings (SSSR count). The van der Waals surface area contributed by atoms with Crippen molar-refractivity contribution in [1.82, 2.24) is 0 Å². The number of anilines is 2. The number of hydrogen-bond acceptors (Lipinski definition) is 5. The lowest BCUT2D eigenvalue weighted by Gasteiger charge is -2.22. The molecule has 0 aliphatic heterocycles. The summed E-state index contributed by atoms with van der Waals surface area (Å²) in [6.07, 6.45) is 0. The van der Waals surface area contributed by atoms with Gasteiger partial charge in [-0.3, -0.25) is 9.59 Å². The fourth-order valence-electron chi connectivity index (χ4n) is 2.63. The van der Waals surface area contributed by atoms with Crippen LogP contribution in [0.5, 0.6) is 17.2 Å². The van der Waals surface area contributed by atoms with Gasteiger partial charge in [-0.05, 0) is 36.8 Å². The molecule has 0 atom stereocenters. The van der Waals surface area contributed by atoms with E-state index in [0.29, 0.717) is 28.6 Å². The zero-order valence-corrected chi connectivity index (χ0v) is 16.2. The van der Waals surface area contributed by atoms with Crippen LogP contribution in [0, 0.1) is 6.92 Å². The first-order valence-corrected chi connectivity index (χ1v) is 8.34. The topological polar surface area (TPSA) is 77.1 Å². The van der Waals surface area contributed by atoms with E-state index in [0.717, 1.165) is 5.56 Å². The molecule has 1 N–H and O–H groups in total. The van der Waals surface area contributed by atoms with Gasteiger partial charge in [0.25, 0.3) is 0 Å². The van der Waals surface area contributed by atoms with Gasteiger partial charge in [0, 0.05) is 18.7 Å². The SMILES string of the molecule is COc1ccc(C)cc1NC(=O)CN(C(C)=O)c1ccc(OC)c(OC)c1.